The zero-order valence-electron chi connectivity index (χ0n) is 8.64. The summed E-state index contributed by atoms with van der Waals surface area (Å²) >= 11 is 0. The van der Waals surface area contributed by atoms with Gasteiger partial charge in [0.2, 0.25) is 11.9 Å². The molecule has 0 aliphatic heterocycles. The van der Waals surface area contributed by atoms with Crippen molar-refractivity contribution in [1.29, 1.82) is 0 Å². The Hall–Kier alpha value is -1.81. The van der Waals surface area contributed by atoms with Crippen molar-refractivity contribution in [1.82, 2.24) is 0 Å². The Kier molecular flexibility index (Phi) is 2.67. The molecule has 90 valence electrons. The summed E-state index contributed by atoms with van der Waals surface area (Å²) in [5.74, 6) is -5.67. The van der Waals surface area contributed by atoms with Gasteiger partial charge in [-0.2, -0.15) is 9.38 Å². The molecule has 3 nitrogen and oxygen atoms in total. The zero-order valence-corrected chi connectivity index (χ0v) is 8.64. The number of hydrogen-bond donors (Lipinski definition) is 1. The predicted octanol–water partition coefficient (Wildman–Crippen LogP) is 2.52. The van der Waals surface area contributed by atoms with Crippen LogP contribution in [-0.4, -0.2) is 11.2 Å². The van der Waals surface area contributed by atoms with Gasteiger partial charge in [-0.15, -0.1) is 0 Å². The van der Waals surface area contributed by atoms with Crippen LogP contribution in [0.2, 0.25) is 0 Å². The van der Waals surface area contributed by atoms with E-state index in [4.69, 9.17) is 5.11 Å². The third kappa shape index (κ3) is 1.61. The van der Waals surface area contributed by atoms with Crippen molar-refractivity contribution in [3.8, 4) is 5.75 Å². The molecule has 6 heteroatoms. The average Bonchev–Trinajstić information content (AvgIpc) is 2.26. The van der Waals surface area contributed by atoms with Crippen LogP contribution in [0.25, 0.3) is 0 Å². The second kappa shape index (κ2) is 3.89. The van der Waals surface area contributed by atoms with E-state index in [1.165, 1.54) is 6.08 Å². The lowest BCUT2D eigenvalue weighted by Gasteiger charge is -2.37. The van der Waals surface area contributed by atoms with Gasteiger partial charge in [0.1, 0.15) is 5.54 Å². The van der Waals surface area contributed by atoms with E-state index in [2.05, 4.69) is 4.99 Å². The van der Waals surface area contributed by atoms with Gasteiger partial charge in [0, 0.05) is 5.56 Å². The van der Waals surface area contributed by atoms with E-state index >= 15 is 0 Å². The van der Waals surface area contributed by atoms with E-state index in [9.17, 15) is 18.0 Å². The molecular formula is C11H8F3NO2. The van der Waals surface area contributed by atoms with Crippen LogP contribution in [0, 0.1) is 17.5 Å². The number of phenols is 1. The van der Waals surface area contributed by atoms with Crippen LogP contribution in [0.3, 0.4) is 0 Å². The van der Waals surface area contributed by atoms with Gasteiger partial charge in [0.15, 0.2) is 17.4 Å². The largest absolute Gasteiger partial charge is 0.503 e. The van der Waals surface area contributed by atoms with Crippen LogP contribution in [0.1, 0.15) is 24.8 Å². The molecule has 1 N–H and O–H groups in total. The molecule has 0 unspecified atom stereocenters. The lowest BCUT2D eigenvalue weighted by molar-refractivity contribution is 0.241. The number of benzene rings is 1. The van der Waals surface area contributed by atoms with Gasteiger partial charge in [-0.25, -0.2) is 13.6 Å². The fraction of sp³-hybridized carbons (Fsp3) is 0.364. The van der Waals surface area contributed by atoms with Crippen LogP contribution < -0.4 is 0 Å². The van der Waals surface area contributed by atoms with Crippen LogP contribution in [0.4, 0.5) is 13.2 Å². The number of hydrogen-bond acceptors (Lipinski definition) is 3. The fourth-order valence-corrected chi connectivity index (χ4v) is 1.97. The SMILES string of the molecule is O=C=NC1(c2cc(F)c(F)c(O)c2F)CCC1. The van der Waals surface area contributed by atoms with E-state index in [0.717, 1.165) is 0 Å². The smallest absolute Gasteiger partial charge is 0.235 e. The molecule has 0 aromatic heterocycles. The topological polar surface area (TPSA) is 49.7 Å². The molecule has 1 fully saturated rings. The molecule has 1 aromatic rings. The maximum absolute atomic E-state index is 13.6. The summed E-state index contributed by atoms with van der Waals surface area (Å²) in [4.78, 5) is 13.7. The van der Waals surface area contributed by atoms with Gasteiger partial charge in [-0.1, -0.05) is 0 Å². The first kappa shape index (κ1) is 11.7. The van der Waals surface area contributed by atoms with Gasteiger partial charge in [0.05, 0.1) is 0 Å². The van der Waals surface area contributed by atoms with Crippen molar-refractivity contribution in [2.24, 2.45) is 4.99 Å². The second-order valence-corrected chi connectivity index (χ2v) is 3.97. The fourth-order valence-electron chi connectivity index (χ4n) is 1.97. The highest BCUT2D eigenvalue weighted by Gasteiger charge is 2.42. The van der Waals surface area contributed by atoms with Gasteiger partial charge < -0.3 is 5.11 Å². The molecule has 0 saturated heterocycles. The first-order valence-electron chi connectivity index (χ1n) is 4.98. The van der Waals surface area contributed by atoms with Crippen molar-refractivity contribution >= 4 is 6.08 Å². The molecule has 0 atom stereocenters. The number of rotatable bonds is 2. The summed E-state index contributed by atoms with van der Waals surface area (Å²) in [6.45, 7) is 0. The summed E-state index contributed by atoms with van der Waals surface area (Å²) in [5, 5.41) is 9.09. The Labute approximate surface area is 94.6 Å². The zero-order chi connectivity index (χ0) is 12.6. The number of carbonyl (C=O) groups excluding carboxylic acids is 1. The Morgan fingerprint density at radius 3 is 2.41 bits per heavy atom. The van der Waals surface area contributed by atoms with Crippen LogP contribution in [-0.2, 0) is 10.3 Å². The normalized spacial score (nSPS) is 17.1. The Morgan fingerprint density at radius 2 is 1.94 bits per heavy atom. The third-order valence-electron chi connectivity index (χ3n) is 3.07. The Bertz CT molecular complexity index is 520. The van der Waals surface area contributed by atoms with Gasteiger partial charge in [-0.3, -0.25) is 0 Å². The standard InChI is InChI=1S/C11H8F3NO2/c12-7-4-6(8(13)10(17)9(7)14)11(15-5-16)2-1-3-11/h4,17H,1-3H2. The summed E-state index contributed by atoms with van der Waals surface area (Å²) in [5.41, 5.74) is -1.51. The Morgan fingerprint density at radius 1 is 1.29 bits per heavy atom. The highest BCUT2D eigenvalue weighted by Crippen LogP contribution is 2.47. The van der Waals surface area contributed by atoms with Gasteiger partial charge in [-0.05, 0) is 25.3 Å². The van der Waals surface area contributed by atoms with Crippen LogP contribution in [0.15, 0.2) is 11.1 Å². The van der Waals surface area contributed by atoms with Crippen molar-refractivity contribution in [2.45, 2.75) is 24.8 Å². The van der Waals surface area contributed by atoms with E-state index in [0.29, 0.717) is 25.3 Å². The quantitative estimate of drug-likeness (QED) is 0.493. The lowest BCUT2D eigenvalue weighted by atomic mass is 9.72. The highest BCUT2D eigenvalue weighted by molar-refractivity contribution is 5.43. The van der Waals surface area contributed by atoms with E-state index in [1.54, 1.807) is 0 Å². The molecule has 2 rings (SSSR count). The highest BCUT2D eigenvalue weighted by atomic mass is 19.2. The number of aromatic hydroxyl groups is 1. The molecule has 0 radical (unpaired) electrons. The average molecular weight is 243 g/mol. The van der Waals surface area contributed by atoms with Crippen molar-refractivity contribution in [3.05, 3.63) is 29.1 Å². The molecule has 1 aliphatic carbocycles. The first-order valence-corrected chi connectivity index (χ1v) is 4.98. The van der Waals surface area contributed by atoms with E-state index in [-0.39, 0.29) is 5.56 Å². The minimum atomic E-state index is -1.64. The molecule has 1 saturated carbocycles. The maximum atomic E-state index is 13.6. The number of nitrogens with zero attached hydrogens (tertiary/aromatic N) is 1. The van der Waals surface area contributed by atoms with Crippen LogP contribution >= 0.6 is 0 Å². The first-order chi connectivity index (χ1) is 8.02. The van der Waals surface area contributed by atoms with Crippen molar-refractivity contribution in [2.75, 3.05) is 0 Å². The molecule has 0 heterocycles. The minimum Gasteiger partial charge on any atom is -0.503 e. The van der Waals surface area contributed by atoms with Gasteiger partial charge >= 0.3 is 0 Å². The number of phenolic OH excluding ortho intramolecular Hbond substituents is 1. The summed E-state index contributed by atoms with van der Waals surface area (Å²) in [7, 11) is 0. The Balaban J connectivity index is 2.63. The minimum absolute atomic E-state index is 0.302. The van der Waals surface area contributed by atoms with Crippen molar-refractivity contribution < 1.29 is 23.1 Å². The van der Waals surface area contributed by atoms with E-state index < -0.39 is 28.7 Å². The molecule has 0 spiro atoms. The molecule has 0 amide bonds. The van der Waals surface area contributed by atoms with Crippen LogP contribution in [0.5, 0.6) is 5.75 Å². The number of halogens is 3. The summed E-state index contributed by atoms with van der Waals surface area (Å²) in [6.07, 6.45) is 2.66. The number of aliphatic imine (C=N–C) groups is 1. The number of isocyanates is 1. The molecule has 1 aliphatic rings. The predicted molar refractivity (Wildman–Crippen MR) is 51.6 cm³/mol. The maximum Gasteiger partial charge on any atom is 0.235 e. The summed E-state index contributed by atoms with van der Waals surface area (Å²) in [6, 6.07) is 0.629. The molecule has 0 bridgehead atoms. The second-order valence-electron chi connectivity index (χ2n) is 3.97. The molecule has 1 aromatic carbocycles. The summed E-state index contributed by atoms with van der Waals surface area (Å²) < 4.78 is 39.6. The van der Waals surface area contributed by atoms with Gasteiger partial charge in [0.25, 0.3) is 0 Å². The van der Waals surface area contributed by atoms with Crippen molar-refractivity contribution in [3.63, 3.8) is 0 Å². The van der Waals surface area contributed by atoms with E-state index in [1.807, 2.05) is 0 Å². The molecule has 17 heavy (non-hydrogen) atoms. The lowest BCUT2D eigenvalue weighted by Crippen LogP contribution is -2.33. The molecular weight excluding hydrogens is 235 g/mol. The monoisotopic (exact) mass is 243 g/mol. The third-order valence-corrected chi connectivity index (χ3v) is 3.07.